The lowest BCUT2D eigenvalue weighted by atomic mass is 10.0. The van der Waals surface area contributed by atoms with Crippen LogP contribution in [0.2, 0.25) is 0 Å². The van der Waals surface area contributed by atoms with E-state index in [0.717, 1.165) is 12.1 Å². The number of rotatable bonds is 4. The highest BCUT2D eigenvalue weighted by atomic mass is 32.2. The van der Waals surface area contributed by atoms with E-state index >= 15 is 0 Å². The van der Waals surface area contributed by atoms with Gasteiger partial charge in [0.15, 0.2) is 0 Å². The molecule has 2 aliphatic rings. The molecule has 0 bridgehead atoms. The van der Waals surface area contributed by atoms with Crippen molar-refractivity contribution in [2.24, 2.45) is 0 Å². The van der Waals surface area contributed by atoms with Crippen molar-refractivity contribution in [2.45, 2.75) is 41.0 Å². The molecule has 31 heavy (non-hydrogen) atoms. The van der Waals surface area contributed by atoms with Crippen LogP contribution in [0, 0.1) is 6.92 Å². The third kappa shape index (κ3) is 6.01. The zero-order valence-electron chi connectivity index (χ0n) is 18.3. The molecule has 3 unspecified atom stereocenters. The summed E-state index contributed by atoms with van der Waals surface area (Å²) in [7, 11) is 0.293. The molecule has 7 heteroatoms. The van der Waals surface area contributed by atoms with E-state index in [1.54, 1.807) is 12.1 Å². The van der Waals surface area contributed by atoms with Crippen LogP contribution in [-0.2, 0) is 10.1 Å². The van der Waals surface area contributed by atoms with E-state index in [1.165, 1.54) is 22.7 Å². The quantitative estimate of drug-likeness (QED) is 0.673. The van der Waals surface area contributed by atoms with E-state index in [0.29, 0.717) is 17.3 Å². The Morgan fingerprint density at radius 2 is 1.71 bits per heavy atom. The Bertz CT molecular complexity index is 1050. The third-order valence-corrected chi connectivity index (χ3v) is 7.69. The van der Waals surface area contributed by atoms with Crippen LogP contribution in [-0.4, -0.2) is 55.8 Å². The first-order valence-electron chi connectivity index (χ1n) is 10.2. The van der Waals surface area contributed by atoms with E-state index in [9.17, 15) is 8.42 Å². The van der Waals surface area contributed by atoms with Gasteiger partial charge in [0.05, 0.1) is 21.9 Å². The Balaban J connectivity index is 0.000000210. The highest BCUT2D eigenvalue weighted by Gasteiger charge is 2.33. The Kier molecular flexibility index (Phi) is 7.64. The Morgan fingerprint density at radius 1 is 1.06 bits per heavy atom. The predicted octanol–water partition coefficient (Wildman–Crippen LogP) is 4.65. The van der Waals surface area contributed by atoms with Crippen LogP contribution in [0.4, 0.5) is 5.69 Å². The highest BCUT2D eigenvalue weighted by Crippen LogP contribution is 2.43. The average molecular weight is 459 g/mol. The predicted molar refractivity (Wildman–Crippen MR) is 130 cm³/mol. The number of benzene rings is 2. The summed E-state index contributed by atoms with van der Waals surface area (Å²) in [6.07, 6.45) is 9.03. The van der Waals surface area contributed by atoms with Gasteiger partial charge in [0.25, 0.3) is 10.1 Å². The van der Waals surface area contributed by atoms with Gasteiger partial charge in [-0.05, 0) is 52.2 Å². The second-order valence-corrected chi connectivity index (χ2v) is 10.7. The standard InChI is InChI=1S/C17H22N2S.C7H8O3S/c1-13(18(2)3)12-19-14-8-4-6-10-16(14)20-17-11-7-5-9-15(17)19;1-6-2-4-7(5-3-6)11(8,9)10/h4-11,13-14,16H,12H2,1-3H3;2-5H,1H3,(H,8,9,10). The molecule has 0 amide bonds. The molecule has 0 saturated heterocycles. The summed E-state index contributed by atoms with van der Waals surface area (Å²) in [5.41, 5.74) is 2.34. The first kappa shape index (κ1) is 23.6. The number of allylic oxidation sites excluding steroid dienone is 2. The van der Waals surface area contributed by atoms with Crippen molar-refractivity contribution >= 4 is 27.6 Å². The molecule has 1 aliphatic heterocycles. The topological polar surface area (TPSA) is 60.9 Å². The van der Waals surface area contributed by atoms with Crippen molar-refractivity contribution in [1.82, 2.24) is 4.90 Å². The molecule has 1 aliphatic carbocycles. The smallest absolute Gasteiger partial charge is 0.294 e. The normalized spacial score (nSPS) is 20.5. The lowest BCUT2D eigenvalue weighted by molar-refractivity contribution is 0.311. The lowest BCUT2D eigenvalue weighted by Gasteiger charge is -2.43. The van der Waals surface area contributed by atoms with E-state index in [4.69, 9.17) is 4.55 Å². The van der Waals surface area contributed by atoms with Crippen molar-refractivity contribution in [3.05, 3.63) is 78.4 Å². The van der Waals surface area contributed by atoms with Crippen molar-refractivity contribution < 1.29 is 13.0 Å². The number of nitrogens with zero attached hydrogens (tertiary/aromatic N) is 2. The number of hydrogen-bond acceptors (Lipinski definition) is 5. The summed E-state index contributed by atoms with van der Waals surface area (Å²) in [5, 5.41) is 0.532. The monoisotopic (exact) mass is 458 g/mol. The lowest BCUT2D eigenvalue weighted by Crippen LogP contribution is -2.49. The maximum Gasteiger partial charge on any atom is 0.294 e. The maximum atomic E-state index is 10.5. The SMILES string of the molecule is CC(CN1c2ccccc2SC2C=CC=CC21)N(C)C.Cc1ccc(S(=O)(=O)O)cc1. The van der Waals surface area contributed by atoms with Crippen molar-refractivity contribution in [3.8, 4) is 0 Å². The van der Waals surface area contributed by atoms with Gasteiger partial charge in [0.2, 0.25) is 0 Å². The van der Waals surface area contributed by atoms with Gasteiger partial charge in [-0.2, -0.15) is 8.42 Å². The van der Waals surface area contributed by atoms with Crippen LogP contribution in [0.5, 0.6) is 0 Å². The number of thioether (sulfide) groups is 1. The molecule has 2 aromatic carbocycles. The number of hydrogen-bond donors (Lipinski definition) is 1. The minimum Gasteiger partial charge on any atom is -0.361 e. The minimum absolute atomic E-state index is 0.0666. The van der Waals surface area contributed by atoms with Gasteiger partial charge in [-0.25, -0.2) is 0 Å². The molecular weight excluding hydrogens is 428 g/mol. The summed E-state index contributed by atoms with van der Waals surface area (Å²) in [4.78, 5) is 6.20. The van der Waals surface area contributed by atoms with Gasteiger partial charge < -0.3 is 9.80 Å². The van der Waals surface area contributed by atoms with Crippen LogP contribution < -0.4 is 4.90 Å². The van der Waals surface area contributed by atoms with Gasteiger partial charge >= 0.3 is 0 Å². The number of likely N-dealkylation sites (N-methyl/N-ethyl adjacent to an activating group) is 1. The highest BCUT2D eigenvalue weighted by molar-refractivity contribution is 8.00. The number of aryl methyl sites for hydroxylation is 1. The van der Waals surface area contributed by atoms with Gasteiger partial charge in [-0.15, -0.1) is 11.8 Å². The van der Waals surface area contributed by atoms with Gasteiger partial charge in [0, 0.05) is 17.5 Å². The van der Waals surface area contributed by atoms with Crippen molar-refractivity contribution in [1.29, 1.82) is 0 Å². The summed E-state index contributed by atoms with van der Waals surface area (Å²) in [6.45, 7) is 5.19. The molecule has 0 spiro atoms. The molecule has 1 N–H and O–H groups in total. The molecule has 166 valence electrons. The molecule has 0 aromatic heterocycles. The molecule has 0 saturated carbocycles. The van der Waals surface area contributed by atoms with Crippen molar-refractivity contribution in [2.75, 3.05) is 25.5 Å². The summed E-state index contributed by atoms with van der Waals surface area (Å²) in [6, 6.07) is 15.8. The molecule has 0 fully saturated rings. The summed E-state index contributed by atoms with van der Waals surface area (Å²) in [5.74, 6) is 0. The fraction of sp³-hybridized carbons (Fsp3) is 0.333. The Labute approximate surface area is 190 Å². The van der Waals surface area contributed by atoms with Crippen molar-refractivity contribution in [3.63, 3.8) is 0 Å². The minimum atomic E-state index is -4.02. The fourth-order valence-electron chi connectivity index (χ4n) is 3.44. The first-order chi connectivity index (χ1) is 14.7. The summed E-state index contributed by atoms with van der Waals surface area (Å²) >= 11 is 1.99. The number of fused-ring (bicyclic) bond motifs is 2. The second kappa shape index (κ2) is 10.0. The van der Waals surface area contributed by atoms with Gasteiger partial charge in [-0.3, -0.25) is 4.55 Å². The molecule has 0 radical (unpaired) electrons. The van der Waals surface area contributed by atoms with Crippen LogP contribution in [0.3, 0.4) is 0 Å². The number of para-hydroxylation sites is 1. The Morgan fingerprint density at radius 3 is 2.35 bits per heavy atom. The molecule has 3 atom stereocenters. The number of anilines is 1. The molecule has 1 heterocycles. The van der Waals surface area contributed by atoms with Crippen LogP contribution in [0.15, 0.2) is 82.6 Å². The van der Waals surface area contributed by atoms with E-state index in [2.05, 4.69) is 79.4 Å². The van der Waals surface area contributed by atoms with Crippen LogP contribution in [0.1, 0.15) is 12.5 Å². The van der Waals surface area contributed by atoms with E-state index in [1.807, 2.05) is 18.7 Å². The average Bonchev–Trinajstić information content (AvgIpc) is 2.73. The molecular formula is C24H30N2O3S2. The van der Waals surface area contributed by atoms with Crippen LogP contribution in [0.25, 0.3) is 0 Å². The van der Waals surface area contributed by atoms with Gasteiger partial charge in [0.1, 0.15) is 0 Å². The van der Waals surface area contributed by atoms with Gasteiger partial charge in [-0.1, -0.05) is 54.1 Å². The molecule has 5 nitrogen and oxygen atoms in total. The summed E-state index contributed by atoms with van der Waals surface area (Å²) < 4.78 is 29.6. The van der Waals surface area contributed by atoms with E-state index < -0.39 is 10.1 Å². The third-order valence-electron chi connectivity index (χ3n) is 5.52. The zero-order chi connectivity index (χ0) is 22.6. The Hall–Kier alpha value is -2.06. The van der Waals surface area contributed by atoms with E-state index in [-0.39, 0.29) is 4.90 Å². The second-order valence-electron chi connectivity index (χ2n) is 8.06. The fourth-order valence-corrected chi connectivity index (χ4v) is 5.23. The molecule has 2 aromatic rings. The largest absolute Gasteiger partial charge is 0.361 e. The maximum absolute atomic E-state index is 10.5. The zero-order valence-corrected chi connectivity index (χ0v) is 20.0. The first-order valence-corrected chi connectivity index (χ1v) is 12.6. The van der Waals surface area contributed by atoms with Crippen LogP contribution >= 0.6 is 11.8 Å². The molecule has 4 rings (SSSR count).